The van der Waals surface area contributed by atoms with Gasteiger partial charge < -0.3 is 10.7 Å². The third-order valence-electron chi connectivity index (χ3n) is 4.18. The van der Waals surface area contributed by atoms with Crippen LogP contribution in [0.3, 0.4) is 0 Å². The number of nitrogens with zero attached hydrogens (tertiary/aromatic N) is 2. The maximum absolute atomic E-state index is 5.53. The van der Waals surface area contributed by atoms with Crippen LogP contribution in [-0.4, -0.2) is 40.3 Å². The van der Waals surface area contributed by atoms with E-state index in [1.807, 2.05) is 11.8 Å². The van der Waals surface area contributed by atoms with Crippen molar-refractivity contribution in [3.63, 3.8) is 0 Å². The van der Waals surface area contributed by atoms with Crippen molar-refractivity contribution in [1.29, 1.82) is 0 Å². The van der Waals surface area contributed by atoms with Gasteiger partial charge in [0.25, 0.3) is 0 Å². The number of rotatable bonds is 7. The monoisotopic (exact) mass is 318 g/mol. The molecule has 1 aromatic carbocycles. The summed E-state index contributed by atoms with van der Waals surface area (Å²) in [5.74, 6) is 3.29. The molecule has 5 heteroatoms. The van der Waals surface area contributed by atoms with E-state index in [0.717, 1.165) is 42.4 Å². The van der Waals surface area contributed by atoms with E-state index in [1.165, 1.54) is 43.4 Å². The minimum Gasteiger partial charge on any atom is -0.341 e. The van der Waals surface area contributed by atoms with Crippen molar-refractivity contribution in [3.05, 3.63) is 29.6 Å². The molecule has 4 nitrogen and oxygen atoms in total. The van der Waals surface area contributed by atoms with Gasteiger partial charge in [0, 0.05) is 5.75 Å². The van der Waals surface area contributed by atoms with Crippen LogP contribution < -0.4 is 5.73 Å². The Morgan fingerprint density at radius 1 is 1.23 bits per heavy atom. The van der Waals surface area contributed by atoms with Crippen LogP contribution in [0.5, 0.6) is 0 Å². The first-order valence-corrected chi connectivity index (χ1v) is 9.48. The summed E-state index contributed by atoms with van der Waals surface area (Å²) in [7, 11) is 0. The Balaban J connectivity index is 1.62. The van der Waals surface area contributed by atoms with E-state index in [-0.39, 0.29) is 0 Å². The third-order valence-corrected chi connectivity index (χ3v) is 5.29. The molecule has 1 aromatic heterocycles. The summed E-state index contributed by atoms with van der Waals surface area (Å²) in [6, 6.07) is 6.59. The second kappa shape index (κ2) is 7.99. The van der Waals surface area contributed by atoms with E-state index < -0.39 is 0 Å². The van der Waals surface area contributed by atoms with Gasteiger partial charge in [0.1, 0.15) is 5.82 Å². The van der Waals surface area contributed by atoms with E-state index >= 15 is 0 Å². The van der Waals surface area contributed by atoms with Crippen molar-refractivity contribution >= 4 is 22.8 Å². The number of hydrogen-bond acceptors (Lipinski definition) is 4. The molecule has 3 rings (SSSR count). The first-order chi connectivity index (χ1) is 10.8. The fourth-order valence-electron chi connectivity index (χ4n) is 2.98. The van der Waals surface area contributed by atoms with Crippen LogP contribution in [0.25, 0.3) is 11.0 Å². The molecule has 0 radical (unpaired) electrons. The lowest BCUT2D eigenvalue weighted by Gasteiger charge is -2.25. The summed E-state index contributed by atoms with van der Waals surface area (Å²) in [6.45, 7) is 4.15. The van der Waals surface area contributed by atoms with E-state index in [4.69, 9.17) is 10.7 Å². The molecular formula is C17H26N4S. The molecular weight excluding hydrogens is 292 g/mol. The van der Waals surface area contributed by atoms with Gasteiger partial charge in [-0.3, -0.25) is 4.90 Å². The molecule has 3 N–H and O–H groups in total. The predicted octanol–water partition coefficient (Wildman–Crippen LogP) is 3.13. The number of nitrogens with two attached hydrogens (primary N) is 1. The highest BCUT2D eigenvalue weighted by atomic mass is 32.2. The summed E-state index contributed by atoms with van der Waals surface area (Å²) in [5.41, 5.74) is 9.15. The lowest BCUT2D eigenvalue weighted by atomic mass is 10.1. The van der Waals surface area contributed by atoms with Gasteiger partial charge in [-0.1, -0.05) is 12.5 Å². The first kappa shape index (κ1) is 15.8. The minimum absolute atomic E-state index is 0.784. The van der Waals surface area contributed by atoms with Gasteiger partial charge in [-0.05, 0) is 62.3 Å². The number of hydrogen-bond donors (Lipinski definition) is 2. The van der Waals surface area contributed by atoms with Crippen molar-refractivity contribution in [1.82, 2.24) is 14.9 Å². The number of benzene rings is 1. The smallest absolute Gasteiger partial charge is 0.121 e. The van der Waals surface area contributed by atoms with Gasteiger partial charge in [0.15, 0.2) is 0 Å². The number of fused-ring (bicyclic) bond motifs is 1. The molecule has 0 amide bonds. The van der Waals surface area contributed by atoms with Gasteiger partial charge in [-0.25, -0.2) is 4.98 Å². The van der Waals surface area contributed by atoms with Crippen molar-refractivity contribution in [2.45, 2.75) is 38.0 Å². The average Bonchev–Trinajstić information content (AvgIpc) is 2.94. The molecule has 22 heavy (non-hydrogen) atoms. The van der Waals surface area contributed by atoms with Gasteiger partial charge >= 0.3 is 0 Å². The largest absolute Gasteiger partial charge is 0.341 e. The highest BCUT2D eigenvalue weighted by Gasteiger charge is 2.12. The molecule has 1 aliphatic rings. The van der Waals surface area contributed by atoms with Crippen LogP contribution in [0.4, 0.5) is 0 Å². The molecule has 0 saturated carbocycles. The fourth-order valence-corrected chi connectivity index (χ4v) is 3.91. The van der Waals surface area contributed by atoms with Crippen LogP contribution >= 0.6 is 11.8 Å². The second-order valence-corrected chi connectivity index (χ2v) is 7.17. The van der Waals surface area contributed by atoms with Crippen molar-refractivity contribution in [2.75, 3.05) is 25.4 Å². The zero-order valence-corrected chi connectivity index (χ0v) is 14.0. The lowest BCUT2D eigenvalue weighted by Crippen LogP contribution is -2.29. The normalized spacial score (nSPS) is 16.4. The van der Waals surface area contributed by atoms with E-state index in [9.17, 15) is 0 Å². The Morgan fingerprint density at radius 2 is 2.09 bits per heavy atom. The number of imidazole rings is 1. The SMILES string of the molecule is NCCCSCc1ccc2nc(CN3CCCCC3)[nH]c2c1. The topological polar surface area (TPSA) is 57.9 Å². The van der Waals surface area contributed by atoms with E-state index in [2.05, 4.69) is 28.1 Å². The maximum Gasteiger partial charge on any atom is 0.121 e. The molecule has 120 valence electrons. The number of nitrogens with one attached hydrogen (secondary N) is 1. The van der Waals surface area contributed by atoms with E-state index in [1.54, 1.807) is 0 Å². The van der Waals surface area contributed by atoms with Gasteiger partial charge in [-0.15, -0.1) is 0 Å². The number of piperidine rings is 1. The summed E-state index contributed by atoms with van der Waals surface area (Å²) in [4.78, 5) is 10.7. The third kappa shape index (κ3) is 4.24. The molecule has 0 bridgehead atoms. The standard InChI is InChI=1S/C17H26N4S/c18-7-4-10-22-13-14-5-6-15-16(11-14)20-17(19-15)12-21-8-2-1-3-9-21/h5-6,11H,1-4,7-10,12-13,18H2,(H,19,20). The number of aromatic nitrogens is 2. The summed E-state index contributed by atoms with van der Waals surface area (Å²) < 4.78 is 0. The molecule has 0 atom stereocenters. The Bertz CT molecular complexity index is 589. The Labute approximate surface area is 136 Å². The second-order valence-electron chi connectivity index (χ2n) is 6.07. The van der Waals surface area contributed by atoms with Crippen LogP contribution in [0, 0.1) is 0 Å². The van der Waals surface area contributed by atoms with Crippen LogP contribution in [0.1, 0.15) is 37.1 Å². The summed E-state index contributed by atoms with van der Waals surface area (Å²) in [5, 5.41) is 0. The van der Waals surface area contributed by atoms with Gasteiger partial charge in [0.2, 0.25) is 0 Å². The van der Waals surface area contributed by atoms with Crippen LogP contribution in [0.2, 0.25) is 0 Å². The van der Waals surface area contributed by atoms with Gasteiger partial charge in [0.05, 0.1) is 17.6 Å². The highest BCUT2D eigenvalue weighted by molar-refractivity contribution is 7.98. The molecule has 1 saturated heterocycles. The molecule has 0 aliphatic carbocycles. The predicted molar refractivity (Wildman–Crippen MR) is 95.1 cm³/mol. The van der Waals surface area contributed by atoms with Crippen molar-refractivity contribution < 1.29 is 0 Å². The van der Waals surface area contributed by atoms with Crippen LogP contribution in [-0.2, 0) is 12.3 Å². The molecule has 2 heterocycles. The maximum atomic E-state index is 5.53. The molecule has 1 aliphatic heterocycles. The molecule has 0 spiro atoms. The first-order valence-electron chi connectivity index (χ1n) is 8.33. The summed E-state index contributed by atoms with van der Waals surface area (Å²) >= 11 is 1.95. The number of likely N-dealkylation sites (tertiary alicyclic amines) is 1. The Morgan fingerprint density at radius 3 is 2.91 bits per heavy atom. The average molecular weight is 318 g/mol. The molecule has 0 unspecified atom stereocenters. The molecule has 2 aromatic rings. The number of H-pyrrole nitrogens is 1. The molecule has 1 fully saturated rings. The summed E-state index contributed by atoms with van der Waals surface area (Å²) in [6.07, 6.45) is 5.12. The van der Waals surface area contributed by atoms with E-state index in [0.29, 0.717) is 0 Å². The van der Waals surface area contributed by atoms with Gasteiger partial charge in [-0.2, -0.15) is 11.8 Å². The fraction of sp³-hybridized carbons (Fsp3) is 0.588. The quantitative estimate of drug-likeness (QED) is 0.770. The zero-order chi connectivity index (χ0) is 15.2. The number of aromatic amines is 1. The zero-order valence-electron chi connectivity index (χ0n) is 13.2. The Hall–Kier alpha value is -1.04. The Kier molecular flexibility index (Phi) is 5.76. The highest BCUT2D eigenvalue weighted by Crippen LogP contribution is 2.19. The lowest BCUT2D eigenvalue weighted by molar-refractivity contribution is 0.216. The van der Waals surface area contributed by atoms with Crippen molar-refractivity contribution in [3.8, 4) is 0 Å². The minimum atomic E-state index is 0.784. The van der Waals surface area contributed by atoms with Crippen LogP contribution in [0.15, 0.2) is 18.2 Å². The number of thioether (sulfide) groups is 1. The van der Waals surface area contributed by atoms with Crippen molar-refractivity contribution in [2.24, 2.45) is 5.73 Å².